The highest BCUT2D eigenvalue weighted by Crippen LogP contribution is 2.27. The van der Waals surface area contributed by atoms with Gasteiger partial charge in [-0.2, -0.15) is 0 Å². The Hall–Kier alpha value is -1.81. The van der Waals surface area contributed by atoms with Crippen molar-refractivity contribution in [2.45, 2.75) is 13.5 Å². The van der Waals surface area contributed by atoms with Crippen LogP contribution in [0.5, 0.6) is 5.75 Å². The van der Waals surface area contributed by atoms with Gasteiger partial charge in [-0.05, 0) is 40.5 Å². The highest BCUT2D eigenvalue weighted by Gasteiger charge is 2.02. The number of anilines is 1. The number of nitrogens with one attached hydrogen (secondary N) is 1. The summed E-state index contributed by atoms with van der Waals surface area (Å²) in [5, 5.41) is 3.28. The second kappa shape index (κ2) is 7.10. The first-order valence-electron chi connectivity index (χ1n) is 6.34. The topological polar surface area (TPSA) is 33.6 Å². The normalized spacial score (nSPS) is 11.2. The molecule has 0 heterocycles. The van der Waals surface area contributed by atoms with E-state index in [4.69, 9.17) is 4.74 Å². The van der Waals surface area contributed by atoms with Gasteiger partial charge in [0.25, 0.3) is 0 Å². The van der Waals surface area contributed by atoms with E-state index in [-0.39, 0.29) is 0 Å². The van der Waals surface area contributed by atoms with Gasteiger partial charge in [0, 0.05) is 10.5 Å². The van der Waals surface area contributed by atoms with Crippen LogP contribution in [0.3, 0.4) is 0 Å². The molecule has 0 saturated heterocycles. The van der Waals surface area contributed by atoms with E-state index in [1.165, 1.54) is 5.56 Å². The molecule has 0 amide bonds. The first-order chi connectivity index (χ1) is 9.69. The fourth-order valence-electron chi connectivity index (χ4n) is 1.75. The zero-order valence-electron chi connectivity index (χ0n) is 11.6. The Kier molecular flexibility index (Phi) is 5.18. The molecule has 0 aliphatic rings. The minimum Gasteiger partial charge on any atom is -0.497 e. The lowest BCUT2D eigenvalue weighted by molar-refractivity contribution is 0.415. The number of amidine groups is 1. The second-order valence-corrected chi connectivity index (χ2v) is 5.21. The molecular weight excluding hydrogens is 316 g/mol. The van der Waals surface area contributed by atoms with E-state index in [0.29, 0.717) is 6.54 Å². The van der Waals surface area contributed by atoms with Gasteiger partial charge in [-0.1, -0.05) is 30.3 Å². The van der Waals surface area contributed by atoms with Crippen LogP contribution in [-0.2, 0) is 6.54 Å². The van der Waals surface area contributed by atoms with Crippen LogP contribution in [0.4, 0.5) is 5.69 Å². The Bertz CT molecular complexity index is 597. The van der Waals surface area contributed by atoms with E-state index < -0.39 is 0 Å². The summed E-state index contributed by atoms with van der Waals surface area (Å²) in [7, 11) is 1.66. The zero-order chi connectivity index (χ0) is 14.4. The van der Waals surface area contributed by atoms with Crippen LogP contribution < -0.4 is 10.1 Å². The van der Waals surface area contributed by atoms with Crippen molar-refractivity contribution in [3.05, 3.63) is 58.6 Å². The maximum absolute atomic E-state index is 5.22. The minimum atomic E-state index is 0.668. The van der Waals surface area contributed by atoms with Crippen LogP contribution in [-0.4, -0.2) is 12.9 Å². The molecule has 0 radical (unpaired) electrons. The van der Waals surface area contributed by atoms with Crippen molar-refractivity contribution in [3.63, 3.8) is 0 Å². The minimum absolute atomic E-state index is 0.668. The Morgan fingerprint density at radius 1 is 1.20 bits per heavy atom. The Morgan fingerprint density at radius 2 is 1.95 bits per heavy atom. The number of hydrogen-bond acceptors (Lipinski definition) is 2. The maximum atomic E-state index is 5.22. The first kappa shape index (κ1) is 14.6. The van der Waals surface area contributed by atoms with E-state index in [9.17, 15) is 0 Å². The molecule has 2 aromatic rings. The largest absolute Gasteiger partial charge is 0.497 e. The maximum Gasteiger partial charge on any atom is 0.121 e. The summed E-state index contributed by atoms with van der Waals surface area (Å²) in [6.45, 7) is 2.62. The third-order valence-corrected chi connectivity index (χ3v) is 3.52. The fourth-order valence-corrected chi connectivity index (χ4v) is 2.10. The number of ether oxygens (including phenoxy) is 1. The van der Waals surface area contributed by atoms with Crippen LogP contribution in [0, 0.1) is 0 Å². The molecule has 1 N–H and O–H groups in total. The van der Waals surface area contributed by atoms with Crippen LogP contribution in [0.25, 0.3) is 0 Å². The summed E-state index contributed by atoms with van der Waals surface area (Å²) >= 11 is 3.51. The molecule has 0 unspecified atom stereocenters. The Balaban J connectivity index is 2.05. The summed E-state index contributed by atoms with van der Waals surface area (Å²) in [6, 6.07) is 16.0. The summed E-state index contributed by atoms with van der Waals surface area (Å²) < 4.78 is 6.20. The lowest BCUT2D eigenvalue weighted by atomic mass is 10.2. The van der Waals surface area contributed by atoms with Crippen molar-refractivity contribution in [1.82, 2.24) is 0 Å². The lowest BCUT2D eigenvalue weighted by Gasteiger charge is -2.10. The van der Waals surface area contributed by atoms with Gasteiger partial charge < -0.3 is 10.1 Å². The van der Waals surface area contributed by atoms with E-state index >= 15 is 0 Å². The molecular formula is C16H17BrN2O. The number of rotatable bonds is 4. The number of aliphatic imine (C=N–C) groups is 1. The quantitative estimate of drug-likeness (QED) is 0.661. The summed E-state index contributed by atoms with van der Waals surface area (Å²) in [4.78, 5) is 4.53. The molecule has 0 fully saturated rings. The van der Waals surface area contributed by atoms with E-state index in [2.05, 4.69) is 38.4 Å². The molecule has 0 spiro atoms. The van der Waals surface area contributed by atoms with Crippen LogP contribution in [0.15, 0.2) is 58.0 Å². The van der Waals surface area contributed by atoms with Crippen molar-refractivity contribution in [2.75, 3.05) is 12.4 Å². The zero-order valence-corrected chi connectivity index (χ0v) is 13.1. The molecule has 104 valence electrons. The monoisotopic (exact) mass is 332 g/mol. The number of halogens is 1. The average Bonchev–Trinajstić information content (AvgIpc) is 2.48. The molecule has 0 aromatic heterocycles. The van der Waals surface area contributed by atoms with Gasteiger partial charge in [0.15, 0.2) is 0 Å². The van der Waals surface area contributed by atoms with Crippen molar-refractivity contribution in [3.8, 4) is 5.75 Å². The molecule has 4 heteroatoms. The molecule has 0 saturated carbocycles. The van der Waals surface area contributed by atoms with Crippen molar-refractivity contribution < 1.29 is 4.74 Å². The molecule has 20 heavy (non-hydrogen) atoms. The van der Waals surface area contributed by atoms with Gasteiger partial charge in [-0.3, -0.25) is 4.99 Å². The van der Waals surface area contributed by atoms with E-state index in [1.54, 1.807) is 7.11 Å². The lowest BCUT2D eigenvalue weighted by Crippen LogP contribution is -2.08. The molecule has 0 atom stereocenters. The third-order valence-electron chi connectivity index (χ3n) is 2.83. The molecule has 2 aromatic carbocycles. The van der Waals surface area contributed by atoms with Crippen molar-refractivity contribution in [1.29, 1.82) is 0 Å². The highest BCUT2D eigenvalue weighted by atomic mass is 79.9. The van der Waals surface area contributed by atoms with Gasteiger partial charge in [-0.25, -0.2) is 0 Å². The van der Waals surface area contributed by atoms with Crippen molar-refractivity contribution >= 4 is 27.5 Å². The molecule has 0 aliphatic heterocycles. The SMILES string of the molecule is COc1ccc(Br)c(NC(C)=NCc2ccccc2)c1. The van der Waals surface area contributed by atoms with Gasteiger partial charge in [-0.15, -0.1) is 0 Å². The molecule has 0 aliphatic carbocycles. The van der Waals surface area contributed by atoms with Gasteiger partial charge in [0.2, 0.25) is 0 Å². The fraction of sp³-hybridized carbons (Fsp3) is 0.188. The smallest absolute Gasteiger partial charge is 0.121 e. The van der Waals surface area contributed by atoms with Gasteiger partial charge in [0.05, 0.1) is 25.2 Å². The third kappa shape index (κ3) is 4.10. The average molecular weight is 333 g/mol. The van der Waals surface area contributed by atoms with Crippen LogP contribution >= 0.6 is 15.9 Å². The number of methoxy groups -OCH3 is 1. The van der Waals surface area contributed by atoms with E-state index in [1.807, 2.05) is 43.3 Å². The second-order valence-electron chi connectivity index (χ2n) is 4.36. The summed E-state index contributed by atoms with van der Waals surface area (Å²) in [5.74, 6) is 1.68. The predicted molar refractivity (Wildman–Crippen MR) is 87.6 cm³/mol. The first-order valence-corrected chi connectivity index (χ1v) is 7.14. The number of hydrogen-bond donors (Lipinski definition) is 1. The van der Waals surface area contributed by atoms with Gasteiger partial charge >= 0.3 is 0 Å². The predicted octanol–water partition coefficient (Wildman–Crippen LogP) is 4.49. The van der Waals surface area contributed by atoms with Crippen LogP contribution in [0.2, 0.25) is 0 Å². The van der Waals surface area contributed by atoms with Crippen molar-refractivity contribution in [2.24, 2.45) is 4.99 Å². The summed E-state index contributed by atoms with van der Waals surface area (Å²) in [5.41, 5.74) is 2.14. The highest BCUT2D eigenvalue weighted by molar-refractivity contribution is 9.10. The van der Waals surface area contributed by atoms with Crippen LogP contribution in [0.1, 0.15) is 12.5 Å². The Morgan fingerprint density at radius 3 is 2.65 bits per heavy atom. The summed E-state index contributed by atoms with van der Waals surface area (Å²) in [6.07, 6.45) is 0. The van der Waals surface area contributed by atoms with Gasteiger partial charge in [0.1, 0.15) is 5.75 Å². The standard InChI is InChI=1S/C16H17BrN2O/c1-12(18-11-13-6-4-3-5-7-13)19-16-10-14(20-2)8-9-15(16)17/h3-10H,11H2,1-2H3,(H,18,19). The molecule has 3 nitrogen and oxygen atoms in total. The number of benzene rings is 2. The van der Waals surface area contributed by atoms with E-state index in [0.717, 1.165) is 21.7 Å². The Labute approximate surface area is 127 Å². The molecule has 2 rings (SSSR count). The number of nitrogens with zero attached hydrogens (tertiary/aromatic N) is 1. The molecule has 0 bridgehead atoms.